The Morgan fingerprint density at radius 2 is 1.71 bits per heavy atom. The van der Waals surface area contributed by atoms with Crippen LogP contribution in [-0.4, -0.2) is 31.5 Å². The van der Waals surface area contributed by atoms with Crippen molar-refractivity contribution in [2.45, 2.75) is 58.0 Å². The van der Waals surface area contributed by atoms with Crippen molar-refractivity contribution in [1.82, 2.24) is 5.32 Å². The van der Waals surface area contributed by atoms with Gasteiger partial charge < -0.3 is 5.32 Å². The van der Waals surface area contributed by atoms with E-state index in [1.807, 2.05) is 0 Å². The average molecular weight is 259 g/mol. The highest BCUT2D eigenvalue weighted by Crippen LogP contribution is 2.31. The van der Waals surface area contributed by atoms with Crippen LogP contribution in [0.4, 0.5) is 0 Å². The van der Waals surface area contributed by atoms with Crippen molar-refractivity contribution < 1.29 is 8.42 Å². The molecule has 1 heterocycles. The molecule has 0 aromatic rings. The minimum atomic E-state index is -2.79. The fraction of sp³-hybridized carbons (Fsp3) is 1.00. The van der Waals surface area contributed by atoms with E-state index in [2.05, 4.69) is 26.1 Å². The summed E-state index contributed by atoms with van der Waals surface area (Å²) in [5, 5.41) is 3.63. The van der Waals surface area contributed by atoms with Gasteiger partial charge in [0.05, 0.1) is 11.5 Å². The lowest BCUT2D eigenvalue weighted by Crippen LogP contribution is -2.51. The van der Waals surface area contributed by atoms with Gasteiger partial charge in [-0.05, 0) is 44.4 Å². The lowest BCUT2D eigenvalue weighted by molar-refractivity contribution is 0.203. The minimum absolute atomic E-state index is 0.180. The molecule has 17 heavy (non-hydrogen) atoms. The topological polar surface area (TPSA) is 46.2 Å². The molecule has 0 aromatic heterocycles. The number of nitrogens with one attached hydrogen (secondary N) is 1. The van der Waals surface area contributed by atoms with Gasteiger partial charge in [0.25, 0.3) is 0 Å². The smallest absolute Gasteiger partial charge is 0.152 e. The molecule has 3 unspecified atom stereocenters. The molecular formula is C13H25NO2S. The van der Waals surface area contributed by atoms with E-state index in [1.165, 1.54) is 19.3 Å². The molecule has 100 valence electrons. The van der Waals surface area contributed by atoms with Gasteiger partial charge in [0, 0.05) is 11.6 Å². The summed E-state index contributed by atoms with van der Waals surface area (Å²) in [6, 6.07) is 0.507. The molecule has 0 bridgehead atoms. The van der Waals surface area contributed by atoms with E-state index < -0.39 is 9.84 Å². The first-order chi connectivity index (χ1) is 7.78. The van der Waals surface area contributed by atoms with Crippen molar-refractivity contribution in [3.63, 3.8) is 0 Å². The Morgan fingerprint density at radius 3 is 2.18 bits per heavy atom. The number of hydrogen-bond acceptors (Lipinski definition) is 3. The van der Waals surface area contributed by atoms with E-state index >= 15 is 0 Å². The van der Waals surface area contributed by atoms with Crippen LogP contribution in [0.1, 0.15) is 46.5 Å². The zero-order valence-electron chi connectivity index (χ0n) is 11.2. The molecule has 1 aliphatic carbocycles. The first-order valence-electron chi connectivity index (χ1n) is 6.76. The van der Waals surface area contributed by atoms with E-state index in [9.17, 15) is 8.42 Å². The molecule has 4 heteroatoms. The van der Waals surface area contributed by atoms with Gasteiger partial charge in [0.15, 0.2) is 9.84 Å². The second-order valence-electron chi connectivity index (χ2n) is 6.66. The molecule has 1 saturated heterocycles. The molecule has 0 radical (unpaired) electrons. The molecule has 2 aliphatic rings. The molecule has 1 N–H and O–H groups in total. The zero-order chi connectivity index (χ0) is 12.7. The van der Waals surface area contributed by atoms with Crippen molar-refractivity contribution in [3.05, 3.63) is 0 Å². The lowest BCUT2D eigenvalue weighted by Gasteiger charge is -2.37. The quantitative estimate of drug-likeness (QED) is 0.825. The first kappa shape index (κ1) is 13.3. The third-order valence-electron chi connectivity index (χ3n) is 4.23. The van der Waals surface area contributed by atoms with E-state index in [1.54, 1.807) is 0 Å². The summed E-state index contributed by atoms with van der Waals surface area (Å²) in [5.74, 6) is 2.20. The van der Waals surface area contributed by atoms with Crippen LogP contribution in [-0.2, 0) is 9.84 Å². The Kier molecular flexibility index (Phi) is 3.56. The number of rotatable bonds is 2. The van der Waals surface area contributed by atoms with Gasteiger partial charge in [-0.1, -0.05) is 13.8 Å². The van der Waals surface area contributed by atoms with Crippen LogP contribution < -0.4 is 5.32 Å². The molecule has 1 aliphatic heterocycles. The zero-order valence-corrected chi connectivity index (χ0v) is 12.0. The molecule has 0 spiro atoms. The van der Waals surface area contributed by atoms with E-state index in [4.69, 9.17) is 0 Å². The van der Waals surface area contributed by atoms with Gasteiger partial charge in [0.1, 0.15) is 0 Å². The van der Waals surface area contributed by atoms with Crippen molar-refractivity contribution in [1.29, 1.82) is 0 Å². The molecular weight excluding hydrogens is 234 g/mol. The second-order valence-corrected chi connectivity index (χ2v) is 8.85. The SMILES string of the molecule is CC1CC(C)CC(NC2(C)CCS(=O)(=O)C2)C1. The number of sulfone groups is 1. The summed E-state index contributed by atoms with van der Waals surface area (Å²) in [6.45, 7) is 6.68. The van der Waals surface area contributed by atoms with Gasteiger partial charge in [-0.15, -0.1) is 0 Å². The number of hydrogen-bond donors (Lipinski definition) is 1. The van der Waals surface area contributed by atoms with E-state index in [0.717, 1.165) is 18.3 Å². The maximum Gasteiger partial charge on any atom is 0.152 e. The summed E-state index contributed by atoms with van der Waals surface area (Å²) in [6.07, 6.45) is 4.47. The molecule has 0 aromatic carbocycles. The summed E-state index contributed by atoms with van der Waals surface area (Å²) in [4.78, 5) is 0. The Morgan fingerprint density at radius 1 is 1.12 bits per heavy atom. The summed E-state index contributed by atoms with van der Waals surface area (Å²) in [5.41, 5.74) is -0.180. The molecule has 3 atom stereocenters. The monoisotopic (exact) mass is 259 g/mol. The van der Waals surface area contributed by atoms with Crippen LogP contribution in [0.25, 0.3) is 0 Å². The summed E-state index contributed by atoms with van der Waals surface area (Å²) in [7, 11) is -2.79. The van der Waals surface area contributed by atoms with Crippen LogP contribution in [0.2, 0.25) is 0 Å². The second kappa shape index (κ2) is 4.54. The molecule has 0 amide bonds. The molecule has 2 fully saturated rings. The third-order valence-corrected chi connectivity index (χ3v) is 6.14. The predicted octanol–water partition coefficient (Wildman–Crippen LogP) is 1.98. The van der Waals surface area contributed by atoms with Crippen molar-refractivity contribution in [2.75, 3.05) is 11.5 Å². The predicted molar refractivity (Wildman–Crippen MR) is 70.8 cm³/mol. The molecule has 1 saturated carbocycles. The summed E-state index contributed by atoms with van der Waals surface area (Å²) >= 11 is 0. The Hall–Kier alpha value is -0.0900. The largest absolute Gasteiger partial charge is 0.308 e. The minimum Gasteiger partial charge on any atom is -0.308 e. The van der Waals surface area contributed by atoms with Gasteiger partial charge in [-0.2, -0.15) is 0 Å². The van der Waals surface area contributed by atoms with E-state index in [-0.39, 0.29) is 5.54 Å². The van der Waals surface area contributed by atoms with Crippen LogP contribution >= 0.6 is 0 Å². The summed E-state index contributed by atoms with van der Waals surface area (Å²) < 4.78 is 23.2. The van der Waals surface area contributed by atoms with Crippen LogP contribution in [0, 0.1) is 11.8 Å². The van der Waals surface area contributed by atoms with Gasteiger partial charge in [-0.3, -0.25) is 0 Å². The maximum atomic E-state index is 11.6. The van der Waals surface area contributed by atoms with Crippen molar-refractivity contribution in [3.8, 4) is 0 Å². The van der Waals surface area contributed by atoms with Gasteiger partial charge in [-0.25, -0.2) is 8.42 Å². The van der Waals surface area contributed by atoms with E-state index in [0.29, 0.717) is 17.5 Å². The Balaban J connectivity index is 1.97. The standard InChI is InChI=1S/C13H25NO2S/c1-10-6-11(2)8-12(7-10)14-13(3)4-5-17(15,16)9-13/h10-12,14H,4-9H2,1-3H3. The average Bonchev–Trinajstić information content (AvgIpc) is 2.37. The first-order valence-corrected chi connectivity index (χ1v) is 8.58. The highest BCUT2D eigenvalue weighted by Gasteiger charge is 2.40. The van der Waals surface area contributed by atoms with Crippen molar-refractivity contribution >= 4 is 9.84 Å². The van der Waals surface area contributed by atoms with Crippen LogP contribution in [0.3, 0.4) is 0 Å². The van der Waals surface area contributed by atoms with Gasteiger partial charge >= 0.3 is 0 Å². The Bertz CT molecular complexity index is 369. The Labute approximate surface area is 105 Å². The molecule has 3 nitrogen and oxygen atoms in total. The highest BCUT2D eigenvalue weighted by molar-refractivity contribution is 7.91. The molecule has 2 rings (SSSR count). The highest BCUT2D eigenvalue weighted by atomic mass is 32.2. The third kappa shape index (κ3) is 3.44. The fourth-order valence-corrected chi connectivity index (χ4v) is 5.79. The van der Waals surface area contributed by atoms with Crippen LogP contribution in [0.5, 0.6) is 0 Å². The van der Waals surface area contributed by atoms with Crippen molar-refractivity contribution in [2.24, 2.45) is 11.8 Å². The normalized spacial score (nSPS) is 45.9. The van der Waals surface area contributed by atoms with Crippen LogP contribution in [0.15, 0.2) is 0 Å². The fourth-order valence-electron chi connectivity index (χ4n) is 3.68. The van der Waals surface area contributed by atoms with Gasteiger partial charge in [0.2, 0.25) is 0 Å². The maximum absolute atomic E-state index is 11.6. The lowest BCUT2D eigenvalue weighted by atomic mass is 9.79.